The molecule has 20 heavy (non-hydrogen) atoms. The Balaban J connectivity index is 0. The second-order valence-corrected chi connectivity index (χ2v) is 5.56. The van der Waals surface area contributed by atoms with Crippen LogP contribution in [0.15, 0.2) is 0 Å². The van der Waals surface area contributed by atoms with Crippen molar-refractivity contribution < 1.29 is 9.53 Å². The molecule has 0 atom stereocenters. The van der Waals surface area contributed by atoms with Crippen molar-refractivity contribution in [2.45, 2.75) is 91.4 Å². The predicted octanol–water partition coefficient (Wildman–Crippen LogP) is 4.05. The maximum absolute atomic E-state index is 12.1. The number of hydrogen-bond acceptors (Lipinski definition) is 2. The van der Waals surface area contributed by atoms with Crippen molar-refractivity contribution in [2.75, 3.05) is 6.61 Å². The average molecular weight is 393 g/mol. The van der Waals surface area contributed by atoms with E-state index in [-0.39, 0.29) is 35.8 Å². The first kappa shape index (κ1) is 22.5. The summed E-state index contributed by atoms with van der Waals surface area (Å²) >= 11 is 0. The van der Waals surface area contributed by atoms with E-state index in [9.17, 15) is 4.79 Å². The van der Waals surface area contributed by atoms with E-state index in [4.69, 9.17) is 4.74 Å². The second kappa shape index (κ2) is 17.3. The zero-order chi connectivity index (χ0) is 14.3. The number of carbonyl (C=O) groups excluding carboxylic acids is 1. The van der Waals surface area contributed by atoms with Gasteiger partial charge in [0.1, 0.15) is 0 Å². The average Bonchev–Trinajstić information content (AvgIpc) is 2.42. The van der Waals surface area contributed by atoms with Crippen LogP contribution in [-0.4, -0.2) is 36.5 Å². The monoisotopic (exact) mass is 394 g/mol. The number of carbonyl (C=O) groups is 1. The summed E-state index contributed by atoms with van der Waals surface area (Å²) in [5.74, 6) is 0.211. The molecule has 0 aliphatic heterocycles. The van der Waals surface area contributed by atoms with Gasteiger partial charge in [0.05, 0.1) is 12.5 Å². The fraction of sp³-hybridized carbons (Fsp3) is 0.941. The van der Waals surface area contributed by atoms with Gasteiger partial charge in [0.15, 0.2) is 0 Å². The van der Waals surface area contributed by atoms with Crippen LogP contribution < -0.4 is 0 Å². The number of ether oxygens (including phenoxy) is 1. The minimum absolute atomic E-state index is 0. The number of esters is 1. The zero-order valence-corrected chi connectivity index (χ0v) is 13.4. The van der Waals surface area contributed by atoms with E-state index in [0.29, 0.717) is 6.61 Å². The number of hydrogen-bond donors (Lipinski definition) is 0. The fourth-order valence-corrected chi connectivity index (χ4v) is 2.30. The van der Waals surface area contributed by atoms with Crippen LogP contribution in [0.1, 0.15) is 91.4 Å². The van der Waals surface area contributed by atoms with Crippen LogP contribution in [0, 0.1) is 5.92 Å². The van der Waals surface area contributed by atoms with Gasteiger partial charge in [0.2, 0.25) is 0 Å². The van der Waals surface area contributed by atoms with Gasteiger partial charge in [0, 0.05) is 0 Å². The third kappa shape index (κ3) is 13.3. The van der Waals surface area contributed by atoms with Crippen LogP contribution in [0.3, 0.4) is 0 Å². The Labute approximate surface area is 143 Å². The van der Waals surface area contributed by atoms with E-state index >= 15 is 0 Å². The van der Waals surface area contributed by atoms with Gasteiger partial charge in [-0.15, -0.1) is 0 Å². The molecule has 0 unspecified atom stereocenters. The van der Waals surface area contributed by atoms with Crippen molar-refractivity contribution in [3.8, 4) is 0 Å². The summed E-state index contributed by atoms with van der Waals surface area (Å²) in [4.78, 5) is 12.1. The molecule has 0 rings (SSSR count). The van der Waals surface area contributed by atoms with Gasteiger partial charge >= 0.3 is 29.9 Å². The molecule has 0 aromatic heterocycles. The summed E-state index contributed by atoms with van der Waals surface area (Å²) in [6.45, 7) is 7.19. The molecule has 0 spiro atoms. The van der Waals surface area contributed by atoms with E-state index in [1.54, 1.807) is 0 Å². The van der Waals surface area contributed by atoms with Gasteiger partial charge in [-0.2, -0.15) is 0 Å². The molecule has 0 heterocycles. The van der Waals surface area contributed by atoms with Gasteiger partial charge in [-0.25, -0.2) is 0 Å². The van der Waals surface area contributed by atoms with E-state index in [0.717, 1.165) is 38.5 Å². The molecule has 0 aromatic rings. The SMILES string of the molecule is CCCCCOC(=O)C(CCCCC)CCCCC.[SnH4]. The summed E-state index contributed by atoms with van der Waals surface area (Å²) in [7, 11) is 0. The minimum atomic E-state index is 0. The topological polar surface area (TPSA) is 26.3 Å². The molecule has 3 heteroatoms. The summed E-state index contributed by atoms with van der Waals surface area (Å²) in [5.41, 5.74) is 0. The Hall–Kier alpha value is 0.269. The molecule has 122 valence electrons. The van der Waals surface area contributed by atoms with Crippen LogP contribution in [0.4, 0.5) is 0 Å². The van der Waals surface area contributed by atoms with Crippen molar-refractivity contribution in [2.24, 2.45) is 5.92 Å². The molecule has 0 saturated heterocycles. The van der Waals surface area contributed by atoms with E-state index in [1.165, 1.54) is 32.1 Å². The van der Waals surface area contributed by atoms with E-state index < -0.39 is 0 Å². The van der Waals surface area contributed by atoms with Crippen LogP contribution in [-0.2, 0) is 9.53 Å². The van der Waals surface area contributed by atoms with Gasteiger partial charge in [0.25, 0.3) is 0 Å². The molecule has 2 nitrogen and oxygen atoms in total. The van der Waals surface area contributed by atoms with Crippen molar-refractivity contribution >= 4 is 29.9 Å². The second-order valence-electron chi connectivity index (χ2n) is 5.56. The van der Waals surface area contributed by atoms with E-state index in [2.05, 4.69) is 20.8 Å². The third-order valence-electron chi connectivity index (χ3n) is 3.64. The molecule has 0 N–H and O–H groups in total. The fourth-order valence-electron chi connectivity index (χ4n) is 2.30. The van der Waals surface area contributed by atoms with Gasteiger partial charge < -0.3 is 4.74 Å². The summed E-state index contributed by atoms with van der Waals surface area (Å²) in [5, 5.41) is 0. The summed E-state index contributed by atoms with van der Waals surface area (Å²) in [6.07, 6.45) is 12.6. The number of rotatable bonds is 13. The number of unbranched alkanes of at least 4 members (excludes halogenated alkanes) is 6. The predicted molar refractivity (Wildman–Crippen MR) is 93.6 cm³/mol. The summed E-state index contributed by atoms with van der Waals surface area (Å²) in [6, 6.07) is 0. The Morgan fingerprint density at radius 3 is 1.70 bits per heavy atom. The van der Waals surface area contributed by atoms with Crippen molar-refractivity contribution in [1.29, 1.82) is 0 Å². The van der Waals surface area contributed by atoms with Crippen molar-refractivity contribution in [3.63, 3.8) is 0 Å². The standard InChI is InChI=1S/C17H34O2.Sn.4H/c1-4-7-10-13-16(14-11-8-5-2)17(18)19-15-12-9-6-3;;;;;/h16H,4-15H2,1-3H3;;;;;. The molecule has 0 radical (unpaired) electrons. The van der Waals surface area contributed by atoms with Gasteiger partial charge in [-0.05, 0) is 19.3 Å². The van der Waals surface area contributed by atoms with Gasteiger partial charge in [-0.1, -0.05) is 72.1 Å². The Morgan fingerprint density at radius 1 is 0.800 bits per heavy atom. The Morgan fingerprint density at radius 2 is 1.25 bits per heavy atom. The molecular formula is C17H38O2Sn. The molecule has 0 aliphatic rings. The molecule has 0 fully saturated rings. The van der Waals surface area contributed by atoms with Crippen molar-refractivity contribution in [1.82, 2.24) is 0 Å². The van der Waals surface area contributed by atoms with Crippen LogP contribution >= 0.6 is 0 Å². The first-order valence-electron chi connectivity index (χ1n) is 8.42. The molecule has 0 aliphatic carbocycles. The van der Waals surface area contributed by atoms with Crippen LogP contribution in [0.25, 0.3) is 0 Å². The molecular weight excluding hydrogens is 355 g/mol. The molecule has 0 aromatic carbocycles. The van der Waals surface area contributed by atoms with E-state index in [1.807, 2.05) is 0 Å². The molecule has 0 saturated carbocycles. The van der Waals surface area contributed by atoms with Crippen molar-refractivity contribution in [3.05, 3.63) is 0 Å². The third-order valence-corrected chi connectivity index (χ3v) is 3.64. The Kier molecular flexibility index (Phi) is 19.5. The van der Waals surface area contributed by atoms with Crippen LogP contribution in [0.2, 0.25) is 0 Å². The summed E-state index contributed by atoms with van der Waals surface area (Å²) < 4.78 is 5.43. The van der Waals surface area contributed by atoms with Gasteiger partial charge in [-0.3, -0.25) is 4.79 Å². The maximum atomic E-state index is 12.1. The molecule has 0 bridgehead atoms. The first-order chi connectivity index (χ1) is 9.26. The Bertz CT molecular complexity index is 197. The molecule has 0 amide bonds. The quantitative estimate of drug-likeness (QED) is 0.268. The van der Waals surface area contributed by atoms with Crippen LogP contribution in [0.5, 0.6) is 0 Å². The zero-order valence-electron chi connectivity index (χ0n) is 13.4. The first-order valence-corrected chi connectivity index (χ1v) is 8.42. The normalized spacial score (nSPS) is 10.4.